The van der Waals surface area contributed by atoms with Crippen molar-refractivity contribution < 1.29 is 14.7 Å². The van der Waals surface area contributed by atoms with E-state index in [0.29, 0.717) is 40.0 Å². The molecule has 4 rings (SSSR count). The van der Waals surface area contributed by atoms with E-state index < -0.39 is 0 Å². The van der Waals surface area contributed by atoms with E-state index in [0.717, 1.165) is 31.4 Å². The molecule has 166 valence electrons. The van der Waals surface area contributed by atoms with Crippen molar-refractivity contribution in [1.29, 1.82) is 0 Å². The minimum atomic E-state index is -0.307. The molecule has 2 amide bonds. The van der Waals surface area contributed by atoms with Crippen molar-refractivity contribution in [1.82, 2.24) is 15.1 Å². The number of amides is 2. The quantitative estimate of drug-likeness (QED) is 0.466. The van der Waals surface area contributed by atoms with Crippen molar-refractivity contribution in [2.24, 2.45) is 0 Å². The van der Waals surface area contributed by atoms with Crippen LogP contribution in [0.2, 0.25) is 5.02 Å². The average Bonchev–Trinajstić information content (AvgIpc) is 3.15. The van der Waals surface area contributed by atoms with Crippen LogP contribution in [-0.4, -0.2) is 33.4 Å². The molecule has 1 aliphatic rings. The second-order valence-electron chi connectivity index (χ2n) is 7.92. The van der Waals surface area contributed by atoms with Gasteiger partial charge in [-0.05, 0) is 61.7 Å². The van der Waals surface area contributed by atoms with Gasteiger partial charge in [-0.25, -0.2) is 4.79 Å². The lowest BCUT2D eigenvalue weighted by atomic mass is 9.82. The average molecular weight is 453 g/mol. The normalized spacial score (nSPS) is 13.4. The van der Waals surface area contributed by atoms with Gasteiger partial charge in [0.25, 0.3) is 5.91 Å². The summed E-state index contributed by atoms with van der Waals surface area (Å²) in [4.78, 5) is 25.0. The summed E-state index contributed by atoms with van der Waals surface area (Å²) in [6, 6.07) is 13.0. The van der Waals surface area contributed by atoms with Gasteiger partial charge in [-0.1, -0.05) is 24.9 Å². The highest BCUT2D eigenvalue weighted by molar-refractivity contribution is 6.30. The molecule has 0 saturated heterocycles. The maximum Gasteiger partial charge on any atom is 0.342 e. The summed E-state index contributed by atoms with van der Waals surface area (Å²) >= 11 is 5.87. The van der Waals surface area contributed by atoms with E-state index in [1.165, 1.54) is 10.7 Å². The Kier molecular flexibility index (Phi) is 6.46. The van der Waals surface area contributed by atoms with Crippen LogP contribution in [-0.2, 0) is 0 Å². The first-order chi connectivity index (χ1) is 15.5. The minimum Gasteiger partial charge on any atom is -0.507 e. The first-order valence-electron chi connectivity index (χ1n) is 10.7. The van der Waals surface area contributed by atoms with Gasteiger partial charge in [0, 0.05) is 40.4 Å². The first-order valence-corrected chi connectivity index (χ1v) is 11.1. The molecule has 1 fully saturated rings. The van der Waals surface area contributed by atoms with E-state index in [9.17, 15) is 14.7 Å². The van der Waals surface area contributed by atoms with Gasteiger partial charge >= 0.3 is 6.03 Å². The summed E-state index contributed by atoms with van der Waals surface area (Å²) in [6.45, 7) is 2.57. The highest BCUT2D eigenvalue weighted by Crippen LogP contribution is 2.39. The first kappa shape index (κ1) is 21.9. The number of phenols is 1. The predicted octanol–water partition coefficient (Wildman–Crippen LogP) is 5.40. The molecule has 32 heavy (non-hydrogen) atoms. The Morgan fingerprint density at radius 3 is 2.53 bits per heavy atom. The number of nitrogens with one attached hydrogen (secondary N) is 2. The minimum absolute atomic E-state index is 0.0299. The molecule has 7 nitrogen and oxygen atoms in total. The monoisotopic (exact) mass is 452 g/mol. The predicted molar refractivity (Wildman–Crippen MR) is 124 cm³/mol. The van der Waals surface area contributed by atoms with Gasteiger partial charge in [0.2, 0.25) is 0 Å². The maximum absolute atomic E-state index is 12.6. The molecule has 8 heteroatoms. The summed E-state index contributed by atoms with van der Waals surface area (Å²) in [5.41, 5.74) is 2.79. The van der Waals surface area contributed by atoms with Crippen LogP contribution in [0.25, 0.3) is 11.3 Å². The molecule has 1 heterocycles. The number of phenolic OH excluding ortho intramolecular Hbond substituents is 1. The van der Waals surface area contributed by atoms with Gasteiger partial charge in [0.1, 0.15) is 5.75 Å². The van der Waals surface area contributed by atoms with Crippen LogP contribution in [0.5, 0.6) is 5.75 Å². The number of carbonyl (C=O) groups is 2. The fourth-order valence-corrected chi connectivity index (χ4v) is 3.75. The SMILES string of the molecule is CCCNC(=O)n1nc(-c2ccc(NC(=O)c3ccc(Cl)cc3)cc2O)cc1C1CCC1. The van der Waals surface area contributed by atoms with Crippen molar-refractivity contribution in [3.8, 4) is 17.0 Å². The lowest BCUT2D eigenvalue weighted by Gasteiger charge is -2.25. The van der Waals surface area contributed by atoms with E-state index in [-0.39, 0.29) is 17.7 Å². The molecular formula is C24H25ClN4O3. The zero-order chi connectivity index (χ0) is 22.7. The summed E-state index contributed by atoms with van der Waals surface area (Å²) in [5.74, 6) is -0.0423. The fourth-order valence-electron chi connectivity index (χ4n) is 3.62. The third-order valence-electron chi connectivity index (χ3n) is 5.62. The largest absolute Gasteiger partial charge is 0.507 e. The highest BCUT2D eigenvalue weighted by Gasteiger charge is 2.27. The number of halogens is 1. The molecule has 0 unspecified atom stereocenters. The van der Waals surface area contributed by atoms with Gasteiger partial charge < -0.3 is 15.7 Å². The molecule has 0 aliphatic heterocycles. The molecule has 0 atom stereocenters. The Balaban J connectivity index is 1.57. The number of aromatic hydroxyl groups is 1. The van der Waals surface area contributed by atoms with Crippen LogP contribution in [0.3, 0.4) is 0 Å². The summed E-state index contributed by atoms with van der Waals surface area (Å²) in [6.07, 6.45) is 4.01. The number of aromatic nitrogens is 2. The van der Waals surface area contributed by atoms with Crippen LogP contribution < -0.4 is 10.6 Å². The summed E-state index contributed by atoms with van der Waals surface area (Å²) < 4.78 is 1.42. The molecule has 1 aromatic heterocycles. The van der Waals surface area contributed by atoms with E-state index in [1.807, 2.05) is 13.0 Å². The Labute approximate surface area is 191 Å². The molecule has 0 spiro atoms. The molecule has 2 aromatic carbocycles. The van der Waals surface area contributed by atoms with Gasteiger partial charge in [0.05, 0.1) is 11.4 Å². The van der Waals surface area contributed by atoms with Crippen LogP contribution >= 0.6 is 11.6 Å². The van der Waals surface area contributed by atoms with Crippen LogP contribution in [0.4, 0.5) is 10.5 Å². The van der Waals surface area contributed by atoms with Crippen LogP contribution in [0.15, 0.2) is 48.5 Å². The Bertz CT molecular complexity index is 1140. The number of rotatable bonds is 6. The molecule has 0 radical (unpaired) electrons. The van der Waals surface area contributed by atoms with Crippen molar-refractivity contribution >= 4 is 29.2 Å². The standard InChI is InChI=1S/C24H25ClN4O3/c1-2-12-26-24(32)29-21(15-4-3-5-15)14-20(28-29)19-11-10-18(13-22(19)30)27-23(31)16-6-8-17(25)9-7-16/h6-11,13-15,30H,2-5,12H2,1H3,(H,26,32)(H,27,31). The smallest absolute Gasteiger partial charge is 0.342 e. The van der Waals surface area contributed by atoms with Crippen molar-refractivity contribution in [3.05, 3.63) is 64.8 Å². The number of nitrogens with zero attached hydrogens (tertiary/aromatic N) is 2. The van der Waals surface area contributed by atoms with Gasteiger partial charge in [-0.3, -0.25) is 4.79 Å². The Morgan fingerprint density at radius 1 is 1.16 bits per heavy atom. The van der Waals surface area contributed by atoms with Crippen molar-refractivity contribution in [3.63, 3.8) is 0 Å². The molecular weight excluding hydrogens is 428 g/mol. The summed E-state index contributed by atoms with van der Waals surface area (Å²) in [5, 5.41) is 21.3. The van der Waals surface area contributed by atoms with E-state index >= 15 is 0 Å². The molecule has 0 bridgehead atoms. The molecule has 1 aliphatic carbocycles. The Hall–Kier alpha value is -3.32. The summed E-state index contributed by atoms with van der Waals surface area (Å²) in [7, 11) is 0. The van der Waals surface area contributed by atoms with Crippen LogP contribution in [0, 0.1) is 0 Å². The number of benzene rings is 2. The molecule has 1 saturated carbocycles. The van der Waals surface area contributed by atoms with Crippen LogP contribution in [0.1, 0.15) is 54.6 Å². The second kappa shape index (κ2) is 9.44. The van der Waals surface area contributed by atoms with Gasteiger partial charge in [-0.2, -0.15) is 9.78 Å². The maximum atomic E-state index is 12.6. The second-order valence-corrected chi connectivity index (χ2v) is 8.36. The third-order valence-corrected chi connectivity index (χ3v) is 5.87. The lowest BCUT2D eigenvalue weighted by molar-refractivity contribution is 0.102. The number of hydrogen-bond acceptors (Lipinski definition) is 4. The topological polar surface area (TPSA) is 96.3 Å². The van der Waals surface area contributed by atoms with E-state index in [2.05, 4.69) is 15.7 Å². The van der Waals surface area contributed by atoms with Gasteiger partial charge in [0.15, 0.2) is 0 Å². The fraction of sp³-hybridized carbons (Fsp3) is 0.292. The number of anilines is 1. The number of hydrogen-bond donors (Lipinski definition) is 3. The van der Waals surface area contributed by atoms with Gasteiger partial charge in [-0.15, -0.1) is 0 Å². The zero-order valence-corrected chi connectivity index (χ0v) is 18.5. The zero-order valence-electron chi connectivity index (χ0n) is 17.8. The lowest BCUT2D eigenvalue weighted by Crippen LogP contribution is -2.32. The number of carbonyl (C=O) groups excluding carboxylic acids is 2. The molecule has 3 N–H and O–H groups in total. The van der Waals surface area contributed by atoms with E-state index in [4.69, 9.17) is 11.6 Å². The van der Waals surface area contributed by atoms with E-state index in [1.54, 1.807) is 36.4 Å². The Morgan fingerprint density at radius 2 is 1.91 bits per heavy atom. The van der Waals surface area contributed by atoms with Crippen molar-refractivity contribution in [2.75, 3.05) is 11.9 Å². The van der Waals surface area contributed by atoms with Crippen molar-refractivity contribution in [2.45, 2.75) is 38.5 Å². The highest BCUT2D eigenvalue weighted by atomic mass is 35.5. The molecule has 3 aromatic rings. The third kappa shape index (κ3) is 4.62.